The van der Waals surface area contributed by atoms with E-state index in [2.05, 4.69) is 110 Å². The third kappa shape index (κ3) is 10.9. The van der Waals surface area contributed by atoms with E-state index in [1.165, 1.54) is 25.7 Å². The van der Waals surface area contributed by atoms with Crippen LogP contribution in [0, 0.1) is 35.5 Å². The molecule has 0 spiro atoms. The molecule has 0 nitrogen and oxygen atoms in total. The van der Waals surface area contributed by atoms with E-state index in [9.17, 15) is 0 Å². The zero-order valence-corrected chi connectivity index (χ0v) is 19.9. The molecule has 0 aliphatic heterocycles. The summed E-state index contributed by atoms with van der Waals surface area (Å²) in [5, 5.41) is 0. The number of hydrogen-bond donors (Lipinski definition) is 0. The van der Waals surface area contributed by atoms with E-state index < -0.39 is 0 Å². The standard InChI is InChI=1S/C32H38/c1-3-5-7-9-17-23-31(27-25-29-19-13-11-14-20-29)32(24-18-10-8-6-4-2)28-26-30-21-15-12-16-22-30/h3-6,11-16,19-22,31-32H,7-10,17-18,23-24H2,1-2H3/b5-3+,6-4+. The van der Waals surface area contributed by atoms with Crippen molar-refractivity contribution in [2.24, 2.45) is 11.8 Å². The summed E-state index contributed by atoms with van der Waals surface area (Å²) in [7, 11) is 0. The summed E-state index contributed by atoms with van der Waals surface area (Å²) in [4.78, 5) is 0. The highest BCUT2D eigenvalue weighted by Gasteiger charge is 2.17. The summed E-state index contributed by atoms with van der Waals surface area (Å²) >= 11 is 0. The maximum absolute atomic E-state index is 3.63. The van der Waals surface area contributed by atoms with Gasteiger partial charge in [-0.1, -0.05) is 97.2 Å². The zero-order valence-electron chi connectivity index (χ0n) is 19.9. The van der Waals surface area contributed by atoms with Crippen LogP contribution in [0.25, 0.3) is 0 Å². The molecule has 166 valence electrons. The highest BCUT2D eigenvalue weighted by atomic mass is 14.2. The van der Waals surface area contributed by atoms with Gasteiger partial charge in [-0.15, -0.1) is 0 Å². The van der Waals surface area contributed by atoms with Crippen molar-refractivity contribution < 1.29 is 0 Å². The van der Waals surface area contributed by atoms with Gasteiger partial charge < -0.3 is 0 Å². The molecule has 0 saturated heterocycles. The van der Waals surface area contributed by atoms with Gasteiger partial charge >= 0.3 is 0 Å². The monoisotopic (exact) mass is 422 g/mol. The number of unbranched alkanes of at least 4 members (excludes halogenated alkanes) is 4. The minimum Gasteiger partial charge on any atom is -0.0932 e. The summed E-state index contributed by atoms with van der Waals surface area (Å²) in [6.45, 7) is 4.19. The van der Waals surface area contributed by atoms with Gasteiger partial charge in [-0.25, -0.2) is 0 Å². The molecule has 0 N–H and O–H groups in total. The summed E-state index contributed by atoms with van der Waals surface area (Å²) in [6, 6.07) is 20.7. The molecule has 0 saturated carbocycles. The molecule has 0 heteroatoms. The van der Waals surface area contributed by atoms with Gasteiger partial charge in [0.15, 0.2) is 0 Å². The van der Waals surface area contributed by atoms with Gasteiger partial charge in [0.2, 0.25) is 0 Å². The molecule has 32 heavy (non-hydrogen) atoms. The maximum Gasteiger partial charge on any atom is 0.0344 e. The Hall–Kier alpha value is -2.96. The Morgan fingerprint density at radius 1 is 0.594 bits per heavy atom. The van der Waals surface area contributed by atoms with E-state index in [0.29, 0.717) is 11.8 Å². The fraction of sp³-hybridized carbons (Fsp3) is 0.375. The molecule has 0 bridgehead atoms. The molecular formula is C32H38. The van der Waals surface area contributed by atoms with Gasteiger partial charge in [0.1, 0.15) is 0 Å². The molecule has 0 aliphatic carbocycles. The van der Waals surface area contributed by atoms with Crippen molar-refractivity contribution in [3.05, 3.63) is 96.1 Å². The molecule has 0 heterocycles. The molecular weight excluding hydrogens is 384 g/mol. The summed E-state index contributed by atoms with van der Waals surface area (Å²) in [5.41, 5.74) is 2.18. The van der Waals surface area contributed by atoms with Gasteiger partial charge in [0, 0.05) is 23.0 Å². The second-order valence-corrected chi connectivity index (χ2v) is 8.19. The first-order valence-electron chi connectivity index (χ1n) is 12.2. The minimum absolute atomic E-state index is 0.304. The average Bonchev–Trinajstić information content (AvgIpc) is 2.84. The third-order valence-corrected chi connectivity index (χ3v) is 5.58. The minimum atomic E-state index is 0.304. The van der Waals surface area contributed by atoms with E-state index in [4.69, 9.17) is 0 Å². The van der Waals surface area contributed by atoms with Crippen LogP contribution in [-0.4, -0.2) is 0 Å². The Kier molecular flexibility index (Phi) is 13.2. The quantitative estimate of drug-likeness (QED) is 0.193. The third-order valence-electron chi connectivity index (χ3n) is 5.58. The van der Waals surface area contributed by atoms with Gasteiger partial charge in [0.05, 0.1) is 0 Å². The van der Waals surface area contributed by atoms with E-state index in [-0.39, 0.29) is 0 Å². The Labute approximate surface area is 196 Å². The van der Waals surface area contributed by atoms with Crippen LogP contribution < -0.4 is 0 Å². The molecule has 0 radical (unpaired) electrons. The van der Waals surface area contributed by atoms with Crippen molar-refractivity contribution in [3.63, 3.8) is 0 Å². The number of rotatable bonds is 11. The normalized spacial score (nSPS) is 12.7. The Morgan fingerprint density at radius 2 is 1.00 bits per heavy atom. The molecule has 2 rings (SSSR count). The topological polar surface area (TPSA) is 0 Å². The van der Waals surface area contributed by atoms with Crippen LogP contribution in [0.3, 0.4) is 0 Å². The lowest BCUT2D eigenvalue weighted by atomic mass is 9.84. The fourth-order valence-electron chi connectivity index (χ4n) is 3.73. The summed E-state index contributed by atoms with van der Waals surface area (Å²) < 4.78 is 0. The molecule has 0 amide bonds. The van der Waals surface area contributed by atoms with Crippen LogP contribution in [-0.2, 0) is 0 Å². The molecule has 0 aliphatic rings. The highest BCUT2D eigenvalue weighted by molar-refractivity contribution is 5.37. The van der Waals surface area contributed by atoms with Crippen molar-refractivity contribution in [1.82, 2.24) is 0 Å². The van der Waals surface area contributed by atoms with Crippen molar-refractivity contribution in [2.75, 3.05) is 0 Å². The highest BCUT2D eigenvalue weighted by Crippen LogP contribution is 2.24. The van der Waals surface area contributed by atoms with Crippen LogP contribution in [0.5, 0.6) is 0 Å². The smallest absolute Gasteiger partial charge is 0.0344 e. The zero-order chi connectivity index (χ0) is 22.7. The molecule has 0 fully saturated rings. The summed E-state index contributed by atoms with van der Waals surface area (Å²) in [6.07, 6.45) is 18.2. The van der Waals surface area contributed by atoms with Crippen LogP contribution >= 0.6 is 0 Å². The Balaban J connectivity index is 2.19. The van der Waals surface area contributed by atoms with Crippen LogP contribution in [0.15, 0.2) is 85.0 Å². The fourth-order valence-corrected chi connectivity index (χ4v) is 3.73. The van der Waals surface area contributed by atoms with Gasteiger partial charge in [-0.2, -0.15) is 0 Å². The number of allylic oxidation sites excluding steroid dienone is 4. The van der Waals surface area contributed by atoms with E-state index in [1.807, 2.05) is 12.1 Å². The average molecular weight is 423 g/mol. The van der Waals surface area contributed by atoms with Crippen LogP contribution in [0.1, 0.15) is 76.3 Å². The van der Waals surface area contributed by atoms with Crippen LogP contribution in [0.2, 0.25) is 0 Å². The predicted molar refractivity (Wildman–Crippen MR) is 140 cm³/mol. The first kappa shape index (κ1) is 25.3. The first-order valence-corrected chi connectivity index (χ1v) is 12.2. The van der Waals surface area contributed by atoms with Crippen molar-refractivity contribution in [1.29, 1.82) is 0 Å². The Bertz CT molecular complexity index is 830. The number of benzene rings is 2. The largest absolute Gasteiger partial charge is 0.0932 e. The summed E-state index contributed by atoms with van der Waals surface area (Å²) in [5.74, 6) is 14.8. The predicted octanol–water partition coefficient (Wildman–Crippen LogP) is 8.60. The molecule has 2 unspecified atom stereocenters. The van der Waals surface area contributed by atoms with Crippen molar-refractivity contribution in [2.45, 2.75) is 65.2 Å². The molecule has 2 aromatic rings. The Morgan fingerprint density at radius 3 is 1.38 bits per heavy atom. The SMILES string of the molecule is C/C=C/CCCCC(C#Cc1ccccc1)C(C#Cc1ccccc1)CCCC/C=C/C. The van der Waals surface area contributed by atoms with E-state index in [0.717, 1.165) is 36.8 Å². The number of hydrogen-bond acceptors (Lipinski definition) is 0. The molecule has 0 aromatic heterocycles. The second kappa shape index (κ2) is 16.7. The second-order valence-electron chi connectivity index (χ2n) is 8.19. The first-order chi connectivity index (χ1) is 15.8. The lowest BCUT2D eigenvalue weighted by Gasteiger charge is -2.18. The van der Waals surface area contributed by atoms with E-state index >= 15 is 0 Å². The maximum atomic E-state index is 3.63. The van der Waals surface area contributed by atoms with Crippen LogP contribution in [0.4, 0.5) is 0 Å². The van der Waals surface area contributed by atoms with Gasteiger partial charge in [0.25, 0.3) is 0 Å². The van der Waals surface area contributed by atoms with Crippen molar-refractivity contribution in [3.8, 4) is 23.7 Å². The lowest BCUT2D eigenvalue weighted by molar-refractivity contribution is 0.416. The van der Waals surface area contributed by atoms with Crippen molar-refractivity contribution >= 4 is 0 Å². The van der Waals surface area contributed by atoms with E-state index in [1.54, 1.807) is 0 Å². The molecule has 2 atom stereocenters. The molecule has 2 aromatic carbocycles. The lowest BCUT2D eigenvalue weighted by Crippen LogP contribution is -2.12. The van der Waals surface area contributed by atoms with Gasteiger partial charge in [-0.3, -0.25) is 0 Å². The van der Waals surface area contributed by atoms with Gasteiger partial charge in [-0.05, 0) is 76.6 Å².